The fraction of sp³-hybridized carbons (Fsp3) is 0.462. The van der Waals surface area contributed by atoms with Crippen molar-refractivity contribution in [1.82, 2.24) is 5.32 Å². The molecule has 1 amide bonds. The Bertz CT molecular complexity index is 567. The number of amides is 1. The van der Waals surface area contributed by atoms with E-state index in [1.807, 2.05) is 13.8 Å². The van der Waals surface area contributed by atoms with Crippen molar-refractivity contribution in [2.24, 2.45) is 5.14 Å². The summed E-state index contributed by atoms with van der Waals surface area (Å²) in [6.45, 7) is 5.71. The molecule has 3 N–H and O–H groups in total. The maximum absolute atomic E-state index is 12.1. The van der Waals surface area contributed by atoms with E-state index >= 15 is 0 Å². The number of aryl methyl sites for hydroxylation is 1. The summed E-state index contributed by atoms with van der Waals surface area (Å²) < 4.78 is 22.6. The zero-order valence-corrected chi connectivity index (χ0v) is 12.3. The Hall–Kier alpha value is -1.40. The molecule has 0 fully saturated rings. The summed E-state index contributed by atoms with van der Waals surface area (Å²) in [7, 11) is -3.79. The number of carbonyl (C=O) groups is 1. The minimum atomic E-state index is -3.79. The van der Waals surface area contributed by atoms with Gasteiger partial charge in [0.1, 0.15) is 0 Å². The molecule has 0 aliphatic rings. The maximum Gasteiger partial charge on any atom is 0.251 e. The zero-order valence-electron chi connectivity index (χ0n) is 11.4. The molecule has 0 radical (unpaired) electrons. The number of hydrogen-bond donors (Lipinski definition) is 2. The highest BCUT2D eigenvalue weighted by Crippen LogP contribution is 2.15. The first kappa shape index (κ1) is 15.7. The van der Waals surface area contributed by atoms with Gasteiger partial charge in [0.2, 0.25) is 10.0 Å². The van der Waals surface area contributed by atoms with Crippen LogP contribution < -0.4 is 10.5 Å². The number of nitrogens with two attached hydrogens (primary N) is 1. The van der Waals surface area contributed by atoms with Gasteiger partial charge >= 0.3 is 0 Å². The summed E-state index contributed by atoms with van der Waals surface area (Å²) >= 11 is 0. The topological polar surface area (TPSA) is 89.3 Å². The van der Waals surface area contributed by atoms with Crippen molar-refractivity contribution in [3.63, 3.8) is 0 Å². The van der Waals surface area contributed by atoms with Gasteiger partial charge in [-0.3, -0.25) is 4.79 Å². The molecule has 0 aromatic heterocycles. The largest absolute Gasteiger partial charge is 0.350 e. The predicted molar refractivity (Wildman–Crippen MR) is 74.4 cm³/mol. The molecular weight excluding hydrogens is 264 g/mol. The van der Waals surface area contributed by atoms with Crippen LogP contribution in [0.3, 0.4) is 0 Å². The second-order valence-electron chi connectivity index (χ2n) is 4.68. The first-order valence-electron chi connectivity index (χ1n) is 6.20. The van der Waals surface area contributed by atoms with Gasteiger partial charge < -0.3 is 5.32 Å². The summed E-state index contributed by atoms with van der Waals surface area (Å²) in [6, 6.07) is 4.35. The Balaban J connectivity index is 3.03. The van der Waals surface area contributed by atoms with Gasteiger partial charge in [0.25, 0.3) is 5.91 Å². The van der Waals surface area contributed by atoms with Crippen molar-refractivity contribution in [1.29, 1.82) is 0 Å². The third kappa shape index (κ3) is 4.33. The predicted octanol–water partition coefficient (Wildman–Crippen LogP) is 1.56. The summed E-state index contributed by atoms with van der Waals surface area (Å²) in [4.78, 5) is 12.0. The molecule has 1 unspecified atom stereocenters. The molecule has 0 bridgehead atoms. The lowest BCUT2D eigenvalue weighted by Gasteiger charge is -2.14. The summed E-state index contributed by atoms with van der Waals surface area (Å²) in [5.74, 6) is -0.274. The summed E-state index contributed by atoms with van der Waals surface area (Å²) in [5.41, 5.74) is 1.06. The van der Waals surface area contributed by atoms with Gasteiger partial charge in [-0.25, -0.2) is 13.6 Å². The van der Waals surface area contributed by atoms with Crippen molar-refractivity contribution >= 4 is 15.9 Å². The molecule has 0 saturated carbocycles. The fourth-order valence-corrected chi connectivity index (χ4v) is 2.37. The minimum Gasteiger partial charge on any atom is -0.350 e. The Kier molecular flexibility index (Phi) is 5.08. The van der Waals surface area contributed by atoms with Crippen LogP contribution in [0.15, 0.2) is 23.1 Å². The molecular formula is C13H20N2O3S. The lowest BCUT2D eigenvalue weighted by molar-refractivity contribution is 0.0937. The Morgan fingerprint density at radius 2 is 2.05 bits per heavy atom. The van der Waals surface area contributed by atoms with Crippen molar-refractivity contribution in [2.45, 2.75) is 44.6 Å². The number of nitrogens with one attached hydrogen (secondary N) is 1. The molecule has 5 nitrogen and oxygen atoms in total. The standard InChI is InChI=1S/C13H20N2O3S/c1-4-5-10(3)15-13(16)12-8-11(19(14,17)18)7-6-9(12)2/h6-8,10H,4-5H2,1-3H3,(H,15,16)(H2,14,17,18). The highest BCUT2D eigenvalue weighted by atomic mass is 32.2. The molecule has 0 aliphatic carbocycles. The number of benzene rings is 1. The van der Waals surface area contributed by atoms with Crippen LogP contribution in [0.2, 0.25) is 0 Å². The van der Waals surface area contributed by atoms with Crippen LogP contribution >= 0.6 is 0 Å². The third-order valence-corrected chi connectivity index (χ3v) is 3.79. The van der Waals surface area contributed by atoms with Gasteiger partial charge in [0, 0.05) is 11.6 Å². The Morgan fingerprint density at radius 1 is 1.42 bits per heavy atom. The van der Waals surface area contributed by atoms with E-state index in [9.17, 15) is 13.2 Å². The molecule has 0 heterocycles. The average molecular weight is 284 g/mol. The molecule has 1 atom stereocenters. The van der Waals surface area contributed by atoms with E-state index in [2.05, 4.69) is 5.32 Å². The molecule has 1 aromatic carbocycles. The van der Waals surface area contributed by atoms with E-state index in [4.69, 9.17) is 5.14 Å². The van der Waals surface area contributed by atoms with Crippen molar-refractivity contribution in [3.05, 3.63) is 29.3 Å². The van der Waals surface area contributed by atoms with E-state index in [1.165, 1.54) is 12.1 Å². The SMILES string of the molecule is CCCC(C)NC(=O)c1cc(S(N)(=O)=O)ccc1C. The zero-order chi connectivity index (χ0) is 14.6. The van der Waals surface area contributed by atoms with Gasteiger partial charge in [-0.05, 0) is 38.0 Å². The smallest absolute Gasteiger partial charge is 0.251 e. The van der Waals surface area contributed by atoms with E-state index in [0.717, 1.165) is 12.8 Å². The Morgan fingerprint density at radius 3 is 2.58 bits per heavy atom. The van der Waals surface area contributed by atoms with E-state index in [1.54, 1.807) is 13.0 Å². The summed E-state index contributed by atoms with van der Waals surface area (Å²) in [5, 5.41) is 7.91. The number of primary sulfonamides is 1. The van der Waals surface area contributed by atoms with Crippen LogP contribution in [0.5, 0.6) is 0 Å². The molecule has 0 saturated heterocycles. The number of hydrogen-bond acceptors (Lipinski definition) is 3. The van der Waals surface area contributed by atoms with Gasteiger partial charge in [0.05, 0.1) is 4.90 Å². The third-order valence-electron chi connectivity index (χ3n) is 2.88. The van der Waals surface area contributed by atoms with Crippen LogP contribution in [-0.2, 0) is 10.0 Å². The lowest BCUT2D eigenvalue weighted by atomic mass is 10.1. The van der Waals surface area contributed by atoms with Gasteiger partial charge in [0.15, 0.2) is 0 Å². The first-order chi connectivity index (χ1) is 8.75. The molecule has 19 heavy (non-hydrogen) atoms. The van der Waals surface area contributed by atoms with Crippen LogP contribution in [0.1, 0.15) is 42.6 Å². The average Bonchev–Trinajstić information content (AvgIpc) is 2.27. The Labute approximate surface area is 114 Å². The second-order valence-corrected chi connectivity index (χ2v) is 6.25. The number of carbonyl (C=O) groups excluding carboxylic acids is 1. The number of sulfonamides is 1. The van der Waals surface area contributed by atoms with Gasteiger partial charge in [-0.1, -0.05) is 19.4 Å². The van der Waals surface area contributed by atoms with Crippen LogP contribution in [0, 0.1) is 6.92 Å². The second kappa shape index (κ2) is 6.16. The van der Waals surface area contributed by atoms with Crippen LogP contribution in [0.25, 0.3) is 0 Å². The normalized spacial score (nSPS) is 13.1. The quantitative estimate of drug-likeness (QED) is 0.860. The monoisotopic (exact) mass is 284 g/mol. The lowest BCUT2D eigenvalue weighted by Crippen LogP contribution is -2.33. The van der Waals surface area contributed by atoms with Crippen molar-refractivity contribution in [3.8, 4) is 0 Å². The van der Waals surface area contributed by atoms with Crippen LogP contribution in [-0.4, -0.2) is 20.4 Å². The van der Waals surface area contributed by atoms with Crippen LogP contribution in [0.4, 0.5) is 0 Å². The van der Waals surface area contributed by atoms with Gasteiger partial charge in [-0.15, -0.1) is 0 Å². The van der Waals surface area contributed by atoms with E-state index < -0.39 is 10.0 Å². The summed E-state index contributed by atoms with van der Waals surface area (Å²) in [6.07, 6.45) is 1.84. The van der Waals surface area contributed by atoms with Crippen molar-refractivity contribution < 1.29 is 13.2 Å². The molecule has 6 heteroatoms. The molecule has 0 spiro atoms. The molecule has 106 valence electrons. The van der Waals surface area contributed by atoms with Crippen molar-refractivity contribution in [2.75, 3.05) is 0 Å². The molecule has 0 aliphatic heterocycles. The highest BCUT2D eigenvalue weighted by molar-refractivity contribution is 7.89. The maximum atomic E-state index is 12.1. The van der Waals surface area contributed by atoms with E-state index in [0.29, 0.717) is 11.1 Å². The molecule has 1 aromatic rings. The first-order valence-corrected chi connectivity index (χ1v) is 7.74. The molecule has 1 rings (SSSR count). The fourth-order valence-electron chi connectivity index (χ4n) is 1.83. The van der Waals surface area contributed by atoms with E-state index in [-0.39, 0.29) is 16.8 Å². The number of rotatable bonds is 5. The highest BCUT2D eigenvalue weighted by Gasteiger charge is 2.15. The van der Waals surface area contributed by atoms with Gasteiger partial charge in [-0.2, -0.15) is 0 Å². The minimum absolute atomic E-state index is 0.0496.